The van der Waals surface area contributed by atoms with Crippen molar-refractivity contribution < 1.29 is 0 Å². The largest absolute Gasteiger partial charge is 0.0619 e. The molecule has 0 fully saturated rings. The normalized spacial score (nSPS) is 14.9. The SMILES string of the molecule is c1ccc2c(c1)Cc1c-2c2ccc3c4c5c(c6cc7c(c1-c1ccccc1C7)c2c36)Cc1cccc(c1-5)C4. The number of hydrogen-bond donors (Lipinski definition) is 0. The maximum atomic E-state index is 2.61. The van der Waals surface area contributed by atoms with E-state index < -0.39 is 0 Å². The maximum Gasteiger partial charge on any atom is -0.000683 e. The third-order valence-corrected chi connectivity index (χ3v) is 10.3. The van der Waals surface area contributed by atoms with Gasteiger partial charge in [0.05, 0.1) is 0 Å². The van der Waals surface area contributed by atoms with Gasteiger partial charge >= 0.3 is 0 Å². The molecule has 0 aromatic heterocycles. The van der Waals surface area contributed by atoms with Gasteiger partial charge in [0.15, 0.2) is 0 Å². The summed E-state index contributed by atoms with van der Waals surface area (Å²) < 4.78 is 0. The second-order valence-corrected chi connectivity index (χ2v) is 11.9. The third-order valence-electron chi connectivity index (χ3n) is 10.3. The van der Waals surface area contributed by atoms with Gasteiger partial charge in [-0.05, 0) is 142 Å². The van der Waals surface area contributed by atoms with E-state index in [1.54, 1.807) is 22.3 Å². The van der Waals surface area contributed by atoms with E-state index in [0.717, 1.165) is 25.7 Å². The van der Waals surface area contributed by atoms with Crippen molar-refractivity contribution in [3.8, 4) is 33.4 Å². The van der Waals surface area contributed by atoms with Crippen LogP contribution in [-0.2, 0) is 25.7 Å². The monoisotopic (exact) mass is 478 g/mol. The van der Waals surface area contributed by atoms with Crippen LogP contribution in [0.2, 0.25) is 0 Å². The van der Waals surface area contributed by atoms with E-state index in [9.17, 15) is 0 Å². The molecule has 0 nitrogen and oxygen atoms in total. The molecule has 0 spiro atoms. The highest BCUT2D eigenvalue weighted by Crippen LogP contribution is 2.58. The Morgan fingerprint density at radius 1 is 0.342 bits per heavy atom. The second-order valence-electron chi connectivity index (χ2n) is 11.9. The van der Waals surface area contributed by atoms with E-state index in [1.807, 2.05) is 0 Å². The molecule has 0 saturated carbocycles. The van der Waals surface area contributed by atoms with Crippen molar-refractivity contribution >= 4 is 32.3 Å². The van der Waals surface area contributed by atoms with Gasteiger partial charge in [-0.25, -0.2) is 0 Å². The Hall–Kier alpha value is -4.42. The minimum atomic E-state index is 1.02. The maximum absolute atomic E-state index is 2.61. The number of hydrogen-bond acceptors (Lipinski definition) is 0. The first-order chi connectivity index (χ1) is 18.8. The quantitative estimate of drug-likeness (QED) is 0.191. The highest BCUT2D eigenvalue weighted by atomic mass is 14.4. The molecule has 7 aromatic carbocycles. The molecule has 0 amide bonds. The molecule has 7 aromatic rings. The van der Waals surface area contributed by atoms with Crippen molar-refractivity contribution in [2.45, 2.75) is 25.7 Å². The first kappa shape index (κ1) is 18.8. The molecule has 174 valence electrons. The summed E-state index contributed by atoms with van der Waals surface area (Å²) in [6.07, 6.45) is 4.20. The lowest BCUT2D eigenvalue weighted by Crippen LogP contribution is -2.06. The van der Waals surface area contributed by atoms with Crippen LogP contribution >= 0.6 is 0 Å². The van der Waals surface area contributed by atoms with Crippen LogP contribution in [0.25, 0.3) is 65.7 Å². The van der Waals surface area contributed by atoms with Gasteiger partial charge in [-0.3, -0.25) is 0 Å². The van der Waals surface area contributed by atoms with Crippen LogP contribution in [0.1, 0.15) is 44.5 Å². The van der Waals surface area contributed by atoms with Crippen molar-refractivity contribution in [1.29, 1.82) is 0 Å². The number of rotatable bonds is 0. The topological polar surface area (TPSA) is 0 Å². The zero-order chi connectivity index (χ0) is 24.3. The predicted octanol–water partition coefficient (Wildman–Crippen LogP) is 9.20. The molecule has 0 heteroatoms. The van der Waals surface area contributed by atoms with Crippen LogP contribution < -0.4 is 0 Å². The van der Waals surface area contributed by atoms with Gasteiger partial charge in [-0.15, -0.1) is 0 Å². The van der Waals surface area contributed by atoms with Crippen LogP contribution in [0.4, 0.5) is 0 Å². The fourth-order valence-electron chi connectivity index (χ4n) is 8.97. The molecule has 38 heavy (non-hydrogen) atoms. The molecular weight excluding hydrogens is 456 g/mol. The molecule has 0 radical (unpaired) electrons. The lowest BCUT2D eigenvalue weighted by Gasteiger charge is -2.28. The van der Waals surface area contributed by atoms with Crippen LogP contribution in [0.3, 0.4) is 0 Å². The summed E-state index contributed by atoms with van der Waals surface area (Å²) in [5.41, 5.74) is 21.2. The molecule has 0 bridgehead atoms. The summed E-state index contributed by atoms with van der Waals surface area (Å²) in [5, 5.41) is 9.03. The summed E-state index contributed by atoms with van der Waals surface area (Å²) in [6.45, 7) is 0. The second kappa shape index (κ2) is 6.00. The van der Waals surface area contributed by atoms with Gasteiger partial charge < -0.3 is 0 Å². The molecule has 0 unspecified atom stereocenters. The molecule has 0 saturated heterocycles. The highest BCUT2D eigenvalue weighted by Gasteiger charge is 2.36. The van der Waals surface area contributed by atoms with E-state index in [4.69, 9.17) is 0 Å². The van der Waals surface area contributed by atoms with E-state index in [2.05, 4.69) is 84.9 Å². The molecule has 0 aliphatic heterocycles. The Morgan fingerprint density at radius 2 is 0.974 bits per heavy atom. The predicted molar refractivity (Wildman–Crippen MR) is 158 cm³/mol. The summed E-state index contributed by atoms with van der Waals surface area (Å²) in [4.78, 5) is 0. The van der Waals surface area contributed by atoms with E-state index in [1.165, 1.54) is 88.0 Å². The summed E-state index contributed by atoms with van der Waals surface area (Å²) in [5.74, 6) is 0. The molecule has 11 rings (SSSR count). The Balaban J connectivity index is 1.42. The van der Waals surface area contributed by atoms with Crippen molar-refractivity contribution in [2.75, 3.05) is 0 Å². The van der Waals surface area contributed by atoms with Crippen molar-refractivity contribution in [3.63, 3.8) is 0 Å². The third kappa shape index (κ3) is 1.90. The Labute approximate surface area is 220 Å². The van der Waals surface area contributed by atoms with Gasteiger partial charge in [0.2, 0.25) is 0 Å². The molecular formula is C38H22. The van der Waals surface area contributed by atoms with Gasteiger partial charge in [0.25, 0.3) is 0 Å². The Bertz CT molecular complexity index is 2280. The summed E-state index contributed by atoms with van der Waals surface area (Å²) in [7, 11) is 0. The Kier molecular flexibility index (Phi) is 2.96. The minimum Gasteiger partial charge on any atom is -0.0619 e. The van der Waals surface area contributed by atoms with Gasteiger partial charge in [0.1, 0.15) is 0 Å². The van der Waals surface area contributed by atoms with Crippen LogP contribution in [0, 0.1) is 0 Å². The molecule has 4 aliphatic rings. The van der Waals surface area contributed by atoms with Crippen molar-refractivity contribution in [2.24, 2.45) is 0 Å². The standard InChI is InChI=1S/C38H22/c1-4-11-25-19(6-1)14-23-18-30-29-17-22-9-5-8-21-16-28(37(29)32(21)22)26-12-13-27-34-24-10-3-2-7-20(24)15-31(34)35(25)33(23)38(27)36(26)30/h1-13,18H,14-17H2. The smallest absolute Gasteiger partial charge is 0.000683 e. The zero-order valence-corrected chi connectivity index (χ0v) is 20.9. The fourth-order valence-corrected chi connectivity index (χ4v) is 8.97. The zero-order valence-electron chi connectivity index (χ0n) is 20.9. The van der Waals surface area contributed by atoms with Gasteiger partial charge in [-0.2, -0.15) is 0 Å². The molecule has 0 N–H and O–H groups in total. The molecule has 0 heterocycles. The lowest BCUT2D eigenvalue weighted by molar-refractivity contribution is 1.18. The van der Waals surface area contributed by atoms with Crippen LogP contribution in [0.15, 0.2) is 84.9 Å². The first-order valence-corrected chi connectivity index (χ1v) is 14.0. The van der Waals surface area contributed by atoms with Gasteiger partial charge in [0, 0.05) is 0 Å². The fraction of sp³-hybridized carbons (Fsp3) is 0.105. The van der Waals surface area contributed by atoms with Gasteiger partial charge in [-0.1, -0.05) is 78.9 Å². The molecule has 0 atom stereocenters. The lowest BCUT2D eigenvalue weighted by atomic mass is 9.75. The first-order valence-electron chi connectivity index (χ1n) is 14.0. The summed E-state index contributed by atoms with van der Waals surface area (Å²) in [6, 6.07) is 32.9. The van der Waals surface area contributed by atoms with E-state index in [-0.39, 0.29) is 0 Å². The van der Waals surface area contributed by atoms with Crippen molar-refractivity contribution in [1.82, 2.24) is 0 Å². The summed E-state index contributed by atoms with van der Waals surface area (Å²) >= 11 is 0. The molecule has 4 aliphatic carbocycles. The average molecular weight is 479 g/mol. The number of fused-ring (bicyclic) bond motifs is 9. The van der Waals surface area contributed by atoms with E-state index in [0.29, 0.717) is 0 Å². The van der Waals surface area contributed by atoms with Crippen molar-refractivity contribution in [3.05, 3.63) is 129 Å². The Morgan fingerprint density at radius 3 is 1.79 bits per heavy atom. The van der Waals surface area contributed by atoms with Crippen LogP contribution in [-0.4, -0.2) is 0 Å². The van der Waals surface area contributed by atoms with Crippen LogP contribution in [0.5, 0.6) is 0 Å². The average Bonchev–Trinajstić information content (AvgIpc) is 3.66. The minimum absolute atomic E-state index is 1.02. The highest BCUT2D eigenvalue weighted by molar-refractivity contribution is 6.32. The van der Waals surface area contributed by atoms with E-state index >= 15 is 0 Å². The number of benzene rings is 7.